The lowest BCUT2D eigenvalue weighted by atomic mass is 10.0. The predicted octanol–water partition coefficient (Wildman–Crippen LogP) is 5.41. The molecule has 4 aromatic carbocycles. The molecule has 0 aliphatic rings. The first-order chi connectivity index (χ1) is 17.1. The number of carbonyl (C=O) groups excluding carboxylic acids is 3. The van der Waals surface area contributed by atoms with Crippen LogP contribution in [0.2, 0.25) is 0 Å². The fourth-order valence-electron chi connectivity index (χ4n) is 3.51. The van der Waals surface area contributed by atoms with Gasteiger partial charge in [-0.2, -0.15) is 0 Å². The van der Waals surface area contributed by atoms with Crippen molar-refractivity contribution in [2.75, 3.05) is 5.32 Å². The van der Waals surface area contributed by atoms with Crippen LogP contribution in [0.25, 0.3) is 0 Å². The molecule has 6 nitrogen and oxygen atoms in total. The van der Waals surface area contributed by atoms with Gasteiger partial charge in [-0.25, -0.2) is 0 Å². The van der Waals surface area contributed by atoms with Crippen molar-refractivity contribution in [3.63, 3.8) is 0 Å². The molecule has 174 valence electrons. The SMILES string of the molecule is O=C(CC(NC(=O)c1ccccc1)c1ccccc1)Oc1ccc(NC(=O)c2ccccc2)cc1. The van der Waals surface area contributed by atoms with Gasteiger partial charge in [0.15, 0.2) is 0 Å². The lowest BCUT2D eigenvalue weighted by Crippen LogP contribution is -2.31. The number of benzene rings is 4. The molecule has 0 saturated carbocycles. The molecule has 1 atom stereocenters. The van der Waals surface area contributed by atoms with Gasteiger partial charge in [-0.1, -0.05) is 66.7 Å². The third kappa shape index (κ3) is 6.65. The van der Waals surface area contributed by atoms with Crippen LogP contribution in [0, 0.1) is 0 Å². The Morgan fingerprint density at radius 3 is 1.71 bits per heavy atom. The molecule has 0 aromatic heterocycles. The Balaban J connectivity index is 1.39. The molecule has 0 bridgehead atoms. The molecule has 0 spiro atoms. The van der Waals surface area contributed by atoms with Crippen LogP contribution in [0.1, 0.15) is 38.7 Å². The molecule has 0 heterocycles. The topological polar surface area (TPSA) is 84.5 Å². The van der Waals surface area contributed by atoms with Crippen LogP contribution in [-0.4, -0.2) is 17.8 Å². The summed E-state index contributed by atoms with van der Waals surface area (Å²) in [5.41, 5.74) is 2.44. The quantitative estimate of drug-likeness (QED) is 0.270. The first-order valence-electron chi connectivity index (χ1n) is 11.2. The van der Waals surface area contributed by atoms with Crippen LogP contribution in [0.15, 0.2) is 115 Å². The second kappa shape index (κ2) is 11.4. The minimum Gasteiger partial charge on any atom is -0.426 e. The van der Waals surface area contributed by atoms with Crippen LogP contribution in [0.4, 0.5) is 5.69 Å². The lowest BCUT2D eigenvalue weighted by molar-refractivity contribution is -0.134. The lowest BCUT2D eigenvalue weighted by Gasteiger charge is -2.19. The van der Waals surface area contributed by atoms with E-state index in [2.05, 4.69) is 10.6 Å². The summed E-state index contributed by atoms with van der Waals surface area (Å²) in [6, 6.07) is 33.0. The maximum Gasteiger partial charge on any atom is 0.313 e. The van der Waals surface area contributed by atoms with Gasteiger partial charge in [0.25, 0.3) is 11.8 Å². The van der Waals surface area contributed by atoms with Crippen molar-refractivity contribution in [1.82, 2.24) is 5.32 Å². The summed E-state index contributed by atoms with van der Waals surface area (Å²) in [7, 11) is 0. The standard InChI is InChI=1S/C29H24N2O4/c32-27(35-25-18-16-24(17-19-25)30-28(33)22-12-6-2-7-13-22)20-26(21-10-4-1-5-11-21)31-29(34)23-14-8-3-9-15-23/h1-19,26H,20H2,(H,30,33)(H,31,34). The molecule has 1 unspecified atom stereocenters. The number of carbonyl (C=O) groups is 3. The number of hydrogen-bond acceptors (Lipinski definition) is 4. The first kappa shape index (κ1) is 23.4. The summed E-state index contributed by atoms with van der Waals surface area (Å²) in [6.07, 6.45) is -0.0465. The first-order valence-corrected chi connectivity index (χ1v) is 11.2. The van der Waals surface area contributed by atoms with E-state index in [9.17, 15) is 14.4 Å². The average Bonchev–Trinajstić information content (AvgIpc) is 2.91. The van der Waals surface area contributed by atoms with E-state index in [0.717, 1.165) is 5.56 Å². The van der Waals surface area contributed by atoms with E-state index in [4.69, 9.17) is 4.74 Å². The Kier molecular flexibility index (Phi) is 7.66. The van der Waals surface area contributed by atoms with Crippen LogP contribution >= 0.6 is 0 Å². The van der Waals surface area contributed by atoms with Gasteiger partial charge >= 0.3 is 5.97 Å². The molecule has 0 aliphatic heterocycles. The third-order valence-electron chi connectivity index (χ3n) is 5.29. The summed E-state index contributed by atoms with van der Waals surface area (Å²) < 4.78 is 5.50. The van der Waals surface area contributed by atoms with Gasteiger partial charge in [-0.05, 0) is 54.1 Å². The zero-order valence-corrected chi connectivity index (χ0v) is 18.9. The Morgan fingerprint density at radius 2 is 1.14 bits per heavy atom. The Bertz CT molecular complexity index is 1270. The van der Waals surface area contributed by atoms with E-state index >= 15 is 0 Å². The number of amides is 2. The molecule has 6 heteroatoms. The second-order valence-corrected chi connectivity index (χ2v) is 7.83. The van der Waals surface area contributed by atoms with E-state index in [1.807, 2.05) is 42.5 Å². The molecular weight excluding hydrogens is 440 g/mol. The van der Waals surface area contributed by atoms with Gasteiger partial charge in [0.1, 0.15) is 5.75 Å². The molecule has 35 heavy (non-hydrogen) atoms. The van der Waals surface area contributed by atoms with Crippen molar-refractivity contribution >= 4 is 23.5 Å². The molecule has 0 radical (unpaired) electrons. The highest BCUT2D eigenvalue weighted by Crippen LogP contribution is 2.21. The number of rotatable bonds is 8. The normalized spacial score (nSPS) is 11.2. The average molecular weight is 465 g/mol. The molecule has 4 rings (SSSR count). The van der Waals surface area contributed by atoms with E-state index in [1.165, 1.54) is 0 Å². The van der Waals surface area contributed by atoms with Crippen LogP contribution < -0.4 is 15.4 Å². The fraction of sp³-hybridized carbons (Fsp3) is 0.0690. The monoisotopic (exact) mass is 464 g/mol. The van der Waals surface area contributed by atoms with Gasteiger partial charge < -0.3 is 15.4 Å². The molecule has 4 aromatic rings. The number of esters is 1. The molecule has 0 fully saturated rings. The highest BCUT2D eigenvalue weighted by Gasteiger charge is 2.20. The summed E-state index contributed by atoms with van der Waals surface area (Å²) in [4.78, 5) is 37.7. The van der Waals surface area contributed by atoms with Crippen molar-refractivity contribution < 1.29 is 19.1 Å². The maximum atomic E-state index is 12.7. The van der Waals surface area contributed by atoms with E-state index in [1.54, 1.807) is 72.8 Å². The molecule has 0 aliphatic carbocycles. The zero-order chi connectivity index (χ0) is 24.5. The molecule has 2 amide bonds. The maximum absolute atomic E-state index is 12.7. The molecular formula is C29H24N2O4. The van der Waals surface area contributed by atoms with Gasteiger partial charge in [0.2, 0.25) is 0 Å². The predicted molar refractivity (Wildman–Crippen MR) is 134 cm³/mol. The third-order valence-corrected chi connectivity index (χ3v) is 5.29. The minimum atomic E-state index is -0.555. The summed E-state index contributed by atoms with van der Waals surface area (Å²) >= 11 is 0. The largest absolute Gasteiger partial charge is 0.426 e. The zero-order valence-electron chi connectivity index (χ0n) is 18.9. The number of anilines is 1. The Hall–Kier alpha value is -4.71. The van der Waals surface area contributed by atoms with E-state index in [0.29, 0.717) is 22.6 Å². The van der Waals surface area contributed by atoms with Crippen LogP contribution in [-0.2, 0) is 4.79 Å². The van der Waals surface area contributed by atoms with Crippen molar-refractivity contribution in [1.29, 1.82) is 0 Å². The number of ether oxygens (including phenoxy) is 1. The van der Waals surface area contributed by atoms with Crippen LogP contribution in [0.3, 0.4) is 0 Å². The van der Waals surface area contributed by atoms with E-state index < -0.39 is 12.0 Å². The Morgan fingerprint density at radius 1 is 0.629 bits per heavy atom. The smallest absolute Gasteiger partial charge is 0.313 e. The van der Waals surface area contributed by atoms with Crippen LogP contribution in [0.5, 0.6) is 5.75 Å². The fourth-order valence-corrected chi connectivity index (χ4v) is 3.51. The summed E-state index contributed by atoms with van der Waals surface area (Å²) in [5.74, 6) is -0.650. The van der Waals surface area contributed by atoms with Gasteiger partial charge in [0.05, 0.1) is 12.5 Å². The number of nitrogens with one attached hydrogen (secondary N) is 2. The highest BCUT2D eigenvalue weighted by molar-refractivity contribution is 6.04. The van der Waals surface area contributed by atoms with Crippen molar-refractivity contribution in [2.45, 2.75) is 12.5 Å². The van der Waals surface area contributed by atoms with Crippen molar-refractivity contribution in [3.05, 3.63) is 132 Å². The number of hydrogen-bond donors (Lipinski definition) is 2. The van der Waals surface area contributed by atoms with Crippen molar-refractivity contribution in [2.24, 2.45) is 0 Å². The highest BCUT2D eigenvalue weighted by atomic mass is 16.5. The van der Waals surface area contributed by atoms with Gasteiger partial charge in [-0.15, -0.1) is 0 Å². The minimum absolute atomic E-state index is 0.0465. The Labute approximate surface area is 203 Å². The summed E-state index contributed by atoms with van der Waals surface area (Å²) in [5, 5.41) is 5.73. The van der Waals surface area contributed by atoms with E-state index in [-0.39, 0.29) is 18.2 Å². The molecule has 0 saturated heterocycles. The summed E-state index contributed by atoms with van der Waals surface area (Å²) in [6.45, 7) is 0. The van der Waals surface area contributed by atoms with Crippen molar-refractivity contribution in [3.8, 4) is 5.75 Å². The second-order valence-electron chi connectivity index (χ2n) is 7.83. The van der Waals surface area contributed by atoms with Gasteiger partial charge in [0, 0.05) is 16.8 Å². The van der Waals surface area contributed by atoms with Gasteiger partial charge in [-0.3, -0.25) is 14.4 Å². The molecule has 2 N–H and O–H groups in total.